The number of aromatic nitrogens is 2. The van der Waals surface area contributed by atoms with Gasteiger partial charge in [0.2, 0.25) is 11.6 Å². The average Bonchev–Trinajstić information content (AvgIpc) is 3.23. The maximum Gasteiger partial charge on any atom is 0.353 e. The third-order valence-corrected chi connectivity index (χ3v) is 5.96. The summed E-state index contributed by atoms with van der Waals surface area (Å²) in [4.78, 5) is 23.8. The van der Waals surface area contributed by atoms with Gasteiger partial charge in [0.1, 0.15) is 6.33 Å². The van der Waals surface area contributed by atoms with Crippen LogP contribution in [-0.2, 0) is 0 Å². The standard InChI is InChI=1S/C18H18ClN5O2S/c19-15-3-1-13(2-4-15)14-5-7-22(8-6-14)17-16(24(25)26)18(21-11-20-17)23-9-10-27-12-23/h1-5,11H,6-10,12H2. The second-order valence-electron chi connectivity index (χ2n) is 6.36. The molecule has 1 aromatic carbocycles. The molecule has 0 saturated carbocycles. The monoisotopic (exact) mass is 403 g/mol. The second kappa shape index (κ2) is 7.74. The fraction of sp³-hybridized carbons (Fsp3) is 0.333. The average molecular weight is 404 g/mol. The van der Waals surface area contributed by atoms with Crippen molar-refractivity contribution in [3.05, 3.63) is 57.4 Å². The summed E-state index contributed by atoms with van der Waals surface area (Å²) in [5, 5.41) is 12.5. The molecule has 2 aliphatic rings. The van der Waals surface area contributed by atoms with Crippen LogP contribution in [0.1, 0.15) is 12.0 Å². The van der Waals surface area contributed by atoms with E-state index in [0.717, 1.165) is 30.2 Å². The lowest BCUT2D eigenvalue weighted by Crippen LogP contribution is -2.31. The highest BCUT2D eigenvalue weighted by Gasteiger charge is 2.31. The number of anilines is 2. The van der Waals surface area contributed by atoms with E-state index in [4.69, 9.17) is 11.6 Å². The summed E-state index contributed by atoms with van der Waals surface area (Å²) in [6.07, 6.45) is 4.32. The van der Waals surface area contributed by atoms with Crippen molar-refractivity contribution in [1.82, 2.24) is 9.97 Å². The van der Waals surface area contributed by atoms with Crippen molar-refractivity contribution in [3.8, 4) is 0 Å². The molecule has 1 aromatic heterocycles. The molecule has 0 atom stereocenters. The van der Waals surface area contributed by atoms with Crippen LogP contribution in [0.15, 0.2) is 36.7 Å². The van der Waals surface area contributed by atoms with Crippen molar-refractivity contribution in [2.75, 3.05) is 41.1 Å². The number of thioether (sulfide) groups is 1. The van der Waals surface area contributed by atoms with Gasteiger partial charge in [-0.05, 0) is 29.7 Å². The number of hydrogen-bond acceptors (Lipinski definition) is 7. The zero-order valence-electron chi connectivity index (χ0n) is 14.5. The number of halogens is 1. The van der Waals surface area contributed by atoms with E-state index >= 15 is 0 Å². The van der Waals surface area contributed by atoms with Crippen molar-refractivity contribution >= 4 is 46.3 Å². The van der Waals surface area contributed by atoms with E-state index in [0.29, 0.717) is 29.7 Å². The van der Waals surface area contributed by atoms with E-state index in [2.05, 4.69) is 16.0 Å². The fourth-order valence-corrected chi connectivity index (χ4v) is 4.43. The maximum atomic E-state index is 11.8. The van der Waals surface area contributed by atoms with Crippen molar-refractivity contribution in [1.29, 1.82) is 0 Å². The molecule has 2 aliphatic heterocycles. The largest absolute Gasteiger partial charge is 0.353 e. The highest BCUT2D eigenvalue weighted by molar-refractivity contribution is 7.99. The van der Waals surface area contributed by atoms with Gasteiger partial charge in [-0.3, -0.25) is 10.1 Å². The van der Waals surface area contributed by atoms with Gasteiger partial charge in [-0.1, -0.05) is 29.8 Å². The molecule has 1 fully saturated rings. The lowest BCUT2D eigenvalue weighted by atomic mass is 9.99. The van der Waals surface area contributed by atoms with Gasteiger partial charge in [-0.15, -0.1) is 11.8 Å². The van der Waals surface area contributed by atoms with E-state index in [-0.39, 0.29) is 10.6 Å². The number of benzene rings is 1. The zero-order chi connectivity index (χ0) is 18.8. The highest BCUT2D eigenvalue weighted by atomic mass is 35.5. The van der Waals surface area contributed by atoms with E-state index in [9.17, 15) is 10.1 Å². The Labute approximate surface area is 166 Å². The van der Waals surface area contributed by atoms with E-state index < -0.39 is 0 Å². The summed E-state index contributed by atoms with van der Waals surface area (Å²) < 4.78 is 0. The molecule has 1 saturated heterocycles. The molecular formula is C18H18ClN5O2S. The van der Waals surface area contributed by atoms with Crippen molar-refractivity contribution in [2.45, 2.75) is 6.42 Å². The predicted octanol–water partition coefficient (Wildman–Crippen LogP) is 3.84. The van der Waals surface area contributed by atoms with Crippen molar-refractivity contribution < 1.29 is 4.92 Å². The quantitative estimate of drug-likeness (QED) is 0.567. The lowest BCUT2D eigenvalue weighted by molar-refractivity contribution is -0.383. The number of nitrogens with zero attached hydrogens (tertiary/aromatic N) is 5. The minimum atomic E-state index is -0.355. The van der Waals surface area contributed by atoms with Crippen LogP contribution < -0.4 is 9.80 Å². The molecule has 0 radical (unpaired) electrons. The van der Waals surface area contributed by atoms with Gasteiger partial charge < -0.3 is 9.80 Å². The summed E-state index contributed by atoms with van der Waals surface area (Å²) in [6.45, 7) is 2.01. The normalized spacial score (nSPS) is 17.1. The number of nitro groups is 1. The Morgan fingerprint density at radius 3 is 2.44 bits per heavy atom. The van der Waals surface area contributed by atoms with Gasteiger partial charge >= 0.3 is 5.69 Å². The minimum absolute atomic E-state index is 0.00310. The van der Waals surface area contributed by atoms with Gasteiger partial charge in [0, 0.05) is 30.4 Å². The lowest BCUT2D eigenvalue weighted by Gasteiger charge is -2.28. The van der Waals surface area contributed by atoms with Crippen LogP contribution in [0.2, 0.25) is 5.02 Å². The van der Waals surface area contributed by atoms with Crippen LogP contribution in [0.4, 0.5) is 17.3 Å². The molecule has 2 aromatic rings. The molecule has 4 rings (SSSR count). The van der Waals surface area contributed by atoms with Crippen LogP contribution in [0.25, 0.3) is 5.57 Å². The van der Waals surface area contributed by atoms with Crippen LogP contribution in [0.3, 0.4) is 0 Å². The van der Waals surface area contributed by atoms with E-state index in [1.165, 1.54) is 11.9 Å². The van der Waals surface area contributed by atoms with E-state index in [1.54, 1.807) is 11.8 Å². The predicted molar refractivity (Wildman–Crippen MR) is 110 cm³/mol. The summed E-state index contributed by atoms with van der Waals surface area (Å²) in [7, 11) is 0. The van der Waals surface area contributed by atoms with Gasteiger partial charge in [0.15, 0.2) is 0 Å². The third kappa shape index (κ3) is 3.72. The van der Waals surface area contributed by atoms with Gasteiger partial charge in [-0.25, -0.2) is 9.97 Å². The Bertz CT molecular complexity index is 884. The van der Waals surface area contributed by atoms with Crippen LogP contribution in [-0.4, -0.2) is 46.2 Å². The van der Waals surface area contributed by atoms with Crippen LogP contribution >= 0.6 is 23.4 Å². The van der Waals surface area contributed by atoms with Gasteiger partial charge in [0.05, 0.1) is 10.8 Å². The smallest absolute Gasteiger partial charge is 0.347 e. The summed E-state index contributed by atoms with van der Waals surface area (Å²) in [5.74, 6) is 2.49. The third-order valence-electron chi connectivity index (χ3n) is 4.74. The van der Waals surface area contributed by atoms with E-state index in [1.807, 2.05) is 34.1 Å². The first-order valence-electron chi connectivity index (χ1n) is 8.65. The van der Waals surface area contributed by atoms with Crippen molar-refractivity contribution in [2.24, 2.45) is 0 Å². The summed E-state index contributed by atoms with van der Waals surface area (Å²) in [5.41, 5.74) is 2.35. The van der Waals surface area contributed by atoms with Gasteiger partial charge in [-0.2, -0.15) is 0 Å². The maximum absolute atomic E-state index is 11.8. The summed E-state index contributed by atoms with van der Waals surface area (Å²) in [6, 6.07) is 7.75. The Balaban J connectivity index is 1.61. The first-order chi connectivity index (χ1) is 13.1. The molecule has 7 nitrogen and oxygen atoms in total. The molecule has 0 N–H and O–H groups in total. The molecular weight excluding hydrogens is 386 g/mol. The molecule has 140 valence electrons. The summed E-state index contributed by atoms with van der Waals surface area (Å²) >= 11 is 7.71. The Morgan fingerprint density at radius 1 is 1.11 bits per heavy atom. The molecule has 9 heteroatoms. The van der Waals surface area contributed by atoms with Gasteiger partial charge in [0.25, 0.3) is 0 Å². The SMILES string of the molecule is O=[N+]([O-])c1c(N2CC=C(c3ccc(Cl)cc3)CC2)ncnc1N1CCSC1. The first-order valence-corrected chi connectivity index (χ1v) is 10.2. The van der Waals surface area contributed by atoms with Crippen LogP contribution in [0, 0.1) is 10.1 Å². The second-order valence-corrected chi connectivity index (χ2v) is 7.87. The molecule has 0 unspecified atom stereocenters. The number of hydrogen-bond donors (Lipinski definition) is 0. The topological polar surface area (TPSA) is 75.4 Å². The Kier molecular flexibility index (Phi) is 5.18. The Morgan fingerprint density at radius 2 is 1.85 bits per heavy atom. The molecule has 0 bridgehead atoms. The molecule has 0 amide bonds. The zero-order valence-corrected chi connectivity index (χ0v) is 16.1. The molecule has 0 aliphatic carbocycles. The van der Waals surface area contributed by atoms with Crippen molar-refractivity contribution in [3.63, 3.8) is 0 Å². The first kappa shape index (κ1) is 18.1. The molecule has 3 heterocycles. The number of rotatable bonds is 4. The highest BCUT2D eigenvalue weighted by Crippen LogP contribution is 2.37. The Hall–Kier alpha value is -2.32. The molecule has 27 heavy (non-hydrogen) atoms. The fourth-order valence-electron chi connectivity index (χ4n) is 3.36. The van der Waals surface area contributed by atoms with Crippen LogP contribution in [0.5, 0.6) is 0 Å². The minimum Gasteiger partial charge on any atom is -0.347 e. The molecule has 0 spiro atoms.